The van der Waals surface area contributed by atoms with E-state index in [1.54, 1.807) is 0 Å². The van der Waals surface area contributed by atoms with Gasteiger partial charge < -0.3 is 5.11 Å². The Bertz CT molecular complexity index is 1510. The van der Waals surface area contributed by atoms with Crippen LogP contribution in [0.3, 0.4) is 0 Å². The molecule has 0 bridgehead atoms. The molecule has 1 aliphatic carbocycles. The standard InChI is InChI=1S/C38H43NO/c1-26-21-27(2)35(33(22-26)28-15-13-14-16-28)39-25-29-23-32(37(3,4)30-17-9-7-10-18-30)24-34(36(29)40)38(5,6)31-19-11-8-12-20-31/h7-12,17-25,28,40H,13-16H2,1-6H3. The first-order chi connectivity index (χ1) is 19.1. The third-order valence-corrected chi connectivity index (χ3v) is 9.13. The molecule has 0 aliphatic heterocycles. The van der Waals surface area contributed by atoms with E-state index >= 15 is 0 Å². The van der Waals surface area contributed by atoms with Crippen LogP contribution in [0.5, 0.6) is 5.75 Å². The highest BCUT2D eigenvalue weighted by Gasteiger charge is 2.31. The van der Waals surface area contributed by atoms with Gasteiger partial charge in [0.05, 0.1) is 5.69 Å². The molecule has 2 nitrogen and oxygen atoms in total. The molecule has 0 amide bonds. The Kier molecular flexibility index (Phi) is 7.73. The summed E-state index contributed by atoms with van der Waals surface area (Å²) in [6.45, 7) is 13.3. The van der Waals surface area contributed by atoms with Crippen molar-refractivity contribution in [2.45, 2.75) is 84.0 Å². The SMILES string of the molecule is Cc1cc(C)c(N=Cc2cc(C(C)(C)c3ccccc3)cc(C(C)(C)c3ccccc3)c2O)c(C2CCCC2)c1. The Morgan fingerprint density at radius 3 is 1.90 bits per heavy atom. The van der Waals surface area contributed by atoms with Crippen LogP contribution in [0.1, 0.15) is 104 Å². The summed E-state index contributed by atoms with van der Waals surface area (Å²) >= 11 is 0. The topological polar surface area (TPSA) is 32.6 Å². The smallest absolute Gasteiger partial charge is 0.128 e. The number of aryl methyl sites for hydroxylation is 2. The second-order valence-electron chi connectivity index (χ2n) is 12.7. The molecule has 4 aromatic rings. The van der Waals surface area contributed by atoms with Crippen molar-refractivity contribution >= 4 is 11.9 Å². The first-order valence-corrected chi connectivity index (χ1v) is 14.7. The van der Waals surface area contributed by atoms with E-state index in [9.17, 15) is 5.11 Å². The van der Waals surface area contributed by atoms with Crippen molar-refractivity contribution in [2.24, 2.45) is 4.99 Å². The number of aliphatic imine (C=N–C) groups is 1. The van der Waals surface area contributed by atoms with Crippen LogP contribution in [0.15, 0.2) is 89.9 Å². The first kappa shape index (κ1) is 27.9. The summed E-state index contributed by atoms with van der Waals surface area (Å²) in [4.78, 5) is 5.13. The number of hydrogen-bond donors (Lipinski definition) is 1. The number of benzene rings is 4. The number of phenols is 1. The maximum Gasteiger partial charge on any atom is 0.128 e. The van der Waals surface area contributed by atoms with E-state index in [0.29, 0.717) is 11.7 Å². The third kappa shape index (κ3) is 5.37. The van der Waals surface area contributed by atoms with Crippen LogP contribution in [0.25, 0.3) is 0 Å². The summed E-state index contributed by atoms with van der Waals surface area (Å²) in [5.74, 6) is 0.868. The lowest BCUT2D eigenvalue weighted by atomic mass is 9.72. The van der Waals surface area contributed by atoms with Crippen LogP contribution in [0, 0.1) is 13.8 Å². The van der Waals surface area contributed by atoms with Gasteiger partial charge in [-0.25, -0.2) is 0 Å². The highest BCUT2D eigenvalue weighted by atomic mass is 16.3. The fraction of sp³-hybridized carbons (Fsp3) is 0.342. The Morgan fingerprint density at radius 1 is 0.725 bits per heavy atom. The van der Waals surface area contributed by atoms with Crippen LogP contribution in [-0.2, 0) is 10.8 Å². The fourth-order valence-electron chi connectivity index (χ4n) is 6.48. The molecule has 0 atom stereocenters. The number of hydrogen-bond acceptors (Lipinski definition) is 2. The van der Waals surface area contributed by atoms with E-state index in [1.165, 1.54) is 53.5 Å². The van der Waals surface area contributed by atoms with Crippen molar-refractivity contribution in [3.05, 3.63) is 129 Å². The van der Waals surface area contributed by atoms with Gasteiger partial charge in [-0.3, -0.25) is 4.99 Å². The van der Waals surface area contributed by atoms with Crippen LogP contribution in [0.2, 0.25) is 0 Å². The second-order valence-corrected chi connectivity index (χ2v) is 12.7. The van der Waals surface area contributed by atoms with Gasteiger partial charge in [-0.15, -0.1) is 0 Å². The second kappa shape index (κ2) is 11.1. The van der Waals surface area contributed by atoms with Crippen LogP contribution >= 0.6 is 0 Å². The van der Waals surface area contributed by atoms with E-state index in [-0.39, 0.29) is 5.41 Å². The van der Waals surface area contributed by atoms with E-state index < -0.39 is 5.41 Å². The maximum atomic E-state index is 11.8. The molecular weight excluding hydrogens is 486 g/mol. The number of rotatable bonds is 7. The molecule has 5 rings (SSSR count). The Morgan fingerprint density at radius 2 is 1.30 bits per heavy atom. The molecule has 1 N–H and O–H groups in total. The lowest BCUT2D eigenvalue weighted by Gasteiger charge is -2.32. The zero-order valence-corrected chi connectivity index (χ0v) is 25.0. The van der Waals surface area contributed by atoms with Crippen molar-refractivity contribution < 1.29 is 5.11 Å². The maximum absolute atomic E-state index is 11.8. The van der Waals surface area contributed by atoms with Crippen molar-refractivity contribution in [3.63, 3.8) is 0 Å². The molecule has 4 aromatic carbocycles. The third-order valence-electron chi connectivity index (χ3n) is 9.13. The van der Waals surface area contributed by atoms with Crippen molar-refractivity contribution in [2.75, 3.05) is 0 Å². The highest BCUT2D eigenvalue weighted by molar-refractivity contribution is 5.88. The molecule has 0 saturated heterocycles. The quantitative estimate of drug-likeness (QED) is 0.237. The van der Waals surface area contributed by atoms with Crippen molar-refractivity contribution in [3.8, 4) is 5.75 Å². The molecule has 0 heterocycles. The Labute approximate surface area is 240 Å². The summed E-state index contributed by atoms with van der Waals surface area (Å²) in [6, 6.07) is 30.0. The summed E-state index contributed by atoms with van der Waals surface area (Å²) in [7, 11) is 0. The molecule has 0 unspecified atom stereocenters. The summed E-state index contributed by atoms with van der Waals surface area (Å²) < 4.78 is 0. The van der Waals surface area contributed by atoms with Gasteiger partial charge in [-0.2, -0.15) is 0 Å². The number of aromatic hydroxyl groups is 1. The average molecular weight is 530 g/mol. The molecule has 0 radical (unpaired) electrons. The Balaban J connectivity index is 1.68. The minimum absolute atomic E-state index is 0.256. The lowest BCUT2D eigenvalue weighted by molar-refractivity contribution is 0.451. The summed E-state index contributed by atoms with van der Waals surface area (Å²) in [6.07, 6.45) is 6.94. The molecule has 1 aliphatic rings. The number of phenolic OH excluding ortho intramolecular Hbond substituents is 1. The summed E-state index contributed by atoms with van der Waals surface area (Å²) in [5, 5.41) is 11.8. The molecule has 2 heteroatoms. The minimum Gasteiger partial charge on any atom is -0.507 e. The molecule has 0 aromatic heterocycles. The van der Waals surface area contributed by atoms with Gasteiger partial charge in [0, 0.05) is 28.2 Å². The van der Waals surface area contributed by atoms with Gasteiger partial charge in [0.2, 0.25) is 0 Å². The van der Waals surface area contributed by atoms with Gasteiger partial charge in [-0.05, 0) is 66.5 Å². The predicted molar refractivity (Wildman–Crippen MR) is 170 cm³/mol. The fourth-order valence-corrected chi connectivity index (χ4v) is 6.48. The average Bonchev–Trinajstić information content (AvgIpc) is 3.49. The number of nitrogens with zero attached hydrogens (tertiary/aromatic N) is 1. The van der Waals surface area contributed by atoms with Crippen LogP contribution in [0.4, 0.5) is 5.69 Å². The normalized spacial score (nSPS) is 14.8. The Hall–Kier alpha value is -3.65. The molecule has 40 heavy (non-hydrogen) atoms. The predicted octanol–water partition coefficient (Wildman–Crippen LogP) is 10.1. The van der Waals surface area contributed by atoms with E-state index in [2.05, 4.69) is 120 Å². The minimum atomic E-state index is -0.397. The van der Waals surface area contributed by atoms with Crippen molar-refractivity contribution in [1.29, 1.82) is 0 Å². The van der Waals surface area contributed by atoms with E-state index in [0.717, 1.165) is 22.4 Å². The molecule has 1 saturated carbocycles. The van der Waals surface area contributed by atoms with Crippen LogP contribution in [-0.4, -0.2) is 11.3 Å². The van der Waals surface area contributed by atoms with Gasteiger partial charge in [0.1, 0.15) is 5.75 Å². The lowest BCUT2D eigenvalue weighted by Crippen LogP contribution is -2.24. The zero-order chi connectivity index (χ0) is 28.5. The molecule has 0 spiro atoms. The van der Waals surface area contributed by atoms with E-state index in [1.807, 2.05) is 12.3 Å². The zero-order valence-electron chi connectivity index (χ0n) is 25.0. The van der Waals surface area contributed by atoms with Crippen molar-refractivity contribution in [1.82, 2.24) is 0 Å². The molecule has 206 valence electrons. The molecule has 1 fully saturated rings. The first-order valence-electron chi connectivity index (χ1n) is 14.7. The monoisotopic (exact) mass is 529 g/mol. The van der Waals surface area contributed by atoms with Gasteiger partial charge in [0.15, 0.2) is 0 Å². The highest BCUT2D eigenvalue weighted by Crippen LogP contribution is 2.44. The molecular formula is C38H43NO. The van der Waals surface area contributed by atoms with Gasteiger partial charge >= 0.3 is 0 Å². The summed E-state index contributed by atoms with van der Waals surface area (Å²) in [5.41, 5.74) is 9.50. The van der Waals surface area contributed by atoms with E-state index in [4.69, 9.17) is 4.99 Å². The van der Waals surface area contributed by atoms with Gasteiger partial charge in [-0.1, -0.05) is 125 Å². The van der Waals surface area contributed by atoms with Gasteiger partial charge in [0.25, 0.3) is 0 Å². The largest absolute Gasteiger partial charge is 0.507 e. The van der Waals surface area contributed by atoms with Crippen LogP contribution < -0.4 is 0 Å².